The highest BCUT2D eigenvalue weighted by molar-refractivity contribution is 7.92. The molecule has 0 unspecified atom stereocenters. The summed E-state index contributed by atoms with van der Waals surface area (Å²) in [7, 11) is -2.19. The van der Waals surface area contributed by atoms with Crippen molar-refractivity contribution in [3.05, 3.63) is 53.8 Å². The Balaban J connectivity index is 2.31. The van der Waals surface area contributed by atoms with Gasteiger partial charge >= 0.3 is 0 Å². The summed E-state index contributed by atoms with van der Waals surface area (Å²) in [6.45, 7) is 1.77. The Morgan fingerprint density at radius 2 is 1.75 bits per heavy atom. The number of anilines is 1. The third-order valence-corrected chi connectivity index (χ3v) is 4.18. The molecule has 0 saturated carbocycles. The molecule has 0 aliphatic carbocycles. The van der Waals surface area contributed by atoms with E-state index in [-0.39, 0.29) is 4.90 Å². The molecule has 0 radical (unpaired) electrons. The average molecular weight is 295 g/mol. The second-order valence-corrected chi connectivity index (χ2v) is 5.92. The normalized spacial score (nSPS) is 11.2. The lowest BCUT2D eigenvalue weighted by molar-refractivity contribution is 0.414. The first kappa shape index (κ1) is 14.3. The number of nitrogens with one attached hydrogen (secondary N) is 1. The lowest BCUT2D eigenvalue weighted by Gasteiger charge is -2.11. The molecule has 20 heavy (non-hydrogen) atoms. The van der Waals surface area contributed by atoms with E-state index in [2.05, 4.69) is 4.72 Å². The minimum absolute atomic E-state index is 0.00844. The van der Waals surface area contributed by atoms with Gasteiger partial charge in [-0.05, 0) is 55.0 Å². The summed E-state index contributed by atoms with van der Waals surface area (Å²) in [6.07, 6.45) is 0. The zero-order valence-electron chi connectivity index (χ0n) is 11.1. The molecule has 0 aliphatic heterocycles. The summed E-state index contributed by atoms with van der Waals surface area (Å²) in [4.78, 5) is 0.00844. The Hall–Kier alpha value is -2.08. The first-order chi connectivity index (χ1) is 9.42. The van der Waals surface area contributed by atoms with Gasteiger partial charge in [-0.15, -0.1) is 0 Å². The van der Waals surface area contributed by atoms with Gasteiger partial charge in [0.1, 0.15) is 11.6 Å². The number of rotatable bonds is 4. The zero-order chi connectivity index (χ0) is 14.8. The van der Waals surface area contributed by atoms with Crippen molar-refractivity contribution in [1.82, 2.24) is 0 Å². The molecule has 0 atom stereocenters. The fraction of sp³-hybridized carbons (Fsp3) is 0.143. The number of aryl methyl sites for hydroxylation is 1. The molecule has 106 valence electrons. The molecule has 6 heteroatoms. The average Bonchev–Trinajstić information content (AvgIpc) is 2.41. The summed E-state index contributed by atoms with van der Waals surface area (Å²) in [5.74, 6) is 0.164. The van der Waals surface area contributed by atoms with E-state index in [0.29, 0.717) is 11.4 Å². The van der Waals surface area contributed by atoms with Crippen molar-refractivity contribution in [3.8, 4) is 5.75 Å². The summed E-state index contributed by atoms with van der Waals surface area (Å²) in [5.41, 5.74) is 1.19. The molecular formula is C14H14FNO3S. The number of sulfonamides is 1. The van der Waals surface area contributed by atoms with E-state index in [1.807, 2.05) is 0 Å². The van der Waals surface area contributed by atoms with Gasteiger partial charge in [0.05, 0.1) is 17.7 Å². The number of hydrogen-bond acceptors (Lipinski definition) is 3. The third kappa shape index (κ3) is 3.08. The first-order valence-electron chi connectivity index (χ1n) is 5.85. The van der Waals surface area contributed by atoms with Gasteiger partial charge in [-0.25, -0.2) is 12.8 Å². The van der Waals surface area contributed by atoms with Crippen LogP contribution in [0.15, 0.2) is 47.4 Å². The monoisotopic (exact) mass is 295 g/mol. The van der Waals surface area contributed by atoms with Crippen LogP contribution in [0.3, 0.4) is 0 Å². The van der Waals surface area contributed by atoms with Crippen LogP contribution in [-0.4, -0.2) is 15.5 Å². The topological polar surface area (TPSA) is 55.4 Å². The fourth-order valence-corrected chi connectivity index (χ4v) is 2.83. The van der Waals surface area contributed by atoms with Crippen molar-refractivity contribution < 1.29 is 17.5 Å². The SMILES string of the molecule is COc1ccc(NS(=O)(=O)c2ccc(F)cc2)c(C)c1. The van der Waals surface area contributed by atoms with Crippen LogP contribution in [0.1, 0.15) is 5.56 Å². The molecule has 2 aromatic carbocycles. The van der Waals surface area contributed by atoms with Crippen molar-refractivity contribution in [2.45, 2.75) is 11.8 Å². The number of halogens is 1. The van der Waals surface area contributed by atoms with Crippen LogP contribution in [-0.2, 0) is 10.0 Å². The van der Waals surface area contributed by atoms with Crippen molar-refractivity contribution in [2.75, 3.05) is 11.8 Å². The Labute approximate surface area is 117 Å². The van der Waals surface area contributed by atoms with Gasteiger partial charge in [0.15, 0.2) is 0 Å². The summed E-state index contributed by atoms with van der Waals surface area (Å²) < 4.78 is 44.7. The minimum atomic E-state index is -3.73. The molecule has 0 heterocycles. The van der Waals surface area contributed by atoms with Crippen molar-refractivity contribution in [1.29, 1.82) is 0 Å². The Morgan fingerprint density at radius 1 is 1.10 bits per heavy atom. The molecular weight excluding hydrogens is 281 g/mol. The lowest BCUT2D eigenvalue weighted by Crippen LogP contribution is -2.13. The first-order valence-corrected chi connectivity index (χ1v) is 7.34. The number of hydrogen-bond donors (Lipinski definition) is 1. The molecule has 0 saturated heterocycles. The van der Waals surface area contributed by atoms with Crippen LogP contribution in [0.5, 0.6) is 5.75 Å². The summed E-state index contributed by atoms with van der Waals surface area (Å²) in [6, 6.07) is 9.66. The maximum absolute atomic E-state index is 12.8. The molecule has 0 amide bonds. The fourth-order valence-electron chi connectivity index (χ4n) is 1.70. The highest BCUT2D eigenvalue weighted by Crippen LogP contribution is 2.23. The van der Waals surface area contributed by atoms with Gasteiger partial charge < -0.3 is 4.74 Å². The second kappa shape index (κ2) is 5.50. The van der Waals surface area contributed by atoms with Crippen LogP contribution in [0.4, 0.5) is 10.1 Å². The number of ether oxygens (including phenoxy) is 1. The van der Waals surface area contributed by atoms with E-state index < -0.39 is 15.8 Å². The van der Waals surface area contributed by atoms with E-state index in [1.54, 1.807) is 25.1 Å². The summed E-state index contributed by atoms with van der Waals surface area (Å²) in [5, 5.41) is 0. The molecule has 0 aromatic heterocycles. The largest absolute Gasteiger partial charge is 0.497 e. The van der Waals surface area contributed by atoms with Crippen LogP contribution < -0.4 is 9.46 Å². The Morgan fingerprint density at radius 3 is 2.30 bits per heavy atom. The van der Waals surface area contributed by atoms with Crippen LogP contribution in [0.25, 0.3) is 0 Å². The third-order valence-electron chi connectivity index (χ3n) is 2.80. The van der Waals surface area contributed by atoms with Crippen LogP contribution >= 0.6 is 0 Å². The smallest absolute Gasteiger partial charge is 0.261 e. The zero-order valence-corrected chi connectivity index (χ0v) is 11.9. The van der Waals surface area contributed by atoms with Gasteiger partial charge in [0, 0.05) is 0 Å². The lowest BCUT2D eigenvalue weighted by atomic mass is 10.2. The number of methoxy groups -OCH3 is 1. The van der Waals surface area contributed by atoms with Gasteiger partial charge in [-0.2, -0.15) is 0 Å². The quantitative estimate of drug-likeness (QED) is 0.943. The van der Waals surface area contributed by atoms with Crippen molar-refractivity contribution in [3.63, 3.8) is 0 Å². The number of benzene rings is 2. The van der Waals surface area contributed by atoms with Crippen molar-refractivity contribution in [2.24, 2.45) is 0 Å². The van der Waals surface area contributed by atoms with Gasteiger partial charge in [0.2, 0.25) is 0 Å². The van der Waals surface area contributed by atoms with Gasteiger partial charge in [-0.1, -0.05) is 0 Å². The molecule has 1 N–H and O–H groups in total. The van der Waals surface area contributed by atoms with Crippen LogP contribution in [0.2, 0.25) is 0 Å². The molecule has 0 spiro atoms. The Bertz CT molecular complexity index is 712. The molecule has 2 aromatic rings. The summed E-state index contributed by atoms with van der Waals surface area (Å²) >= 11 is 0. The van der Waals surface area contributed by atoms with Crippen molar-refractivity contribution >= 4 is 15.7 Å². The maximum Gasteiger partial charge on any atom is 0.261 e. The molecule has 2 rings (SSSR count). The highest BCUT2D eigenvalue weighted by Gasteiger charge is 2.15. The predicted molar refractivity (Wildman–Crippen MR) is 74.9 cm³/mol. The van der Waals surface area contributed by atoms with Gasteiger partial charge in [0.25, 0.3) is 10.0 Å². The molecule has 0 bridgehead atoms. The Kier molecular flexibility index (Phi) is 3.94. The van der Waals surface area contributed by atoms with E-state index >= 15 is 0 Å². The van der Waals surface area contributed by atoms with E-state index in [0.717, 1.165) is 17.7 Å². The standard InChI is InChI=1S/C14H14FNO3S/c1-10-9-12(19-2)5-8-14(10)16-20(17,18)13-6-3-11(15)4-7-13/h3-9,16H,1-2H3. The maximum atomic E-state index is 12.8. The minimum Gasteiger partial charge on any atom is -0.497 e. The second-order valence-electron chi connectivity index (χ2n) is 4.24. The van der Waals surface area contributed by atoms with Gasteiger partial charge in [-0.3, -0.25) is 4.72 Å². The molecule has 0 aliphatic rings. The highest BCUT2D eigenvalue weighted by atomic mass is 32.2. The molecule has 4 nitrogen and oxygen atoms in total. The predicted octanol–water partition coefficient (Wildman–Crippen LogP) is 2.94. The molecule has 0 fully saturated rings. The van der Waals surface area contributed by atoms with E-state index in [1.165, 1.54) is 19.2 Å². The van der Waals surface area contributed by atoms with Crippen LogP contribution in [0, 0.1) is 12.7 Å². The van der Waals surface area contributed by atoms with E-state index in [4.69, 9.17) is 4.74 Å². The van der Waals surface area contributed by atoms with E-state index in [9.17, 15) is 12.8 Å².